The van der Waals surface area contributed by atoms with Gasteiger partial charge in [0.1, 0.15) is 11.7 Å². The minimum absolute atomic E-state index is 0.0156. The lowest BCUT2D eigenvalue weighted by molar-refractivity contribution is -0.142. The molecular formula is C25H27F5N8O4. The first kappa shape index (κ1) is 29.3. The molecule has 3 aromatic heterocycles. The minimum atomic E-state index is -4.70. The zero-order chi connectivity index (χ0) is 29.9. The predicted molar refractivity (Wildman–Crippen MR) is 136 cm³/mol. The third kappa shape index (κ3) is 7.00. The number of ether oxygens (including phenoxy) is 3. The molecule has 1 aliphatic heterocycles. The highest BCUT2D eigenvalue weighted by Gasteiger charge is 2.38. The normalized spacial score (nSPS) is 19.3. The predicted octanol–water partition coefficient (Wildman–Crippen LogP) is 4.09. The number of halogens is 5. The van der Waals surface area contributed by atoms with Crippen molar-refractivity contribution >= 4 is 18.0 Å². The number of carbonyl (C=O) groups is 1. The van der Waals surface area contributed by atoms with Gasteiger partial charge in [-0.25, -0.2) is 33.4 Å². The fourth-order valence-corrected chi connectivity index (χ4v) is 4.57. The Kier molecular flexibility index (Phi) is 8.65. The zero-order valence-corrected chi connectivity index (χ0v) is 22.3. The average molecular weight is 599 g/mol. The van der Waals surface area contributed by atoms with Crippen molar-refractivity contribution in [1.82, 2.24) is 29.7 Å². The highest BCUT2D eigenvalue weighted by molar-refractivity contribution is 5.86. The Balaban J connectivity index is 1.27. The van der Waals surface area contributed by atoms with Gasteiger partial charge in [-0.2, -0.15) is 23.3 Å². The molecule has 1 saturated heterocycles. The number of carbonyl (C=O) groups excluding carboxylic acids is 1. The Morgan fingerprint density at radius 1 is 1.14 bits per heavy atom. The molecule has 12 nitrogen and oxygen atoms in total. The van der Waals surface area contributed by atoms with E-state index in [9.17, 15) is 26.7 Å². The molecule has 226 valence electrons. The van der Waals surface area contributed by atoms with Crippen molar-refractivity contribution in [2.75, 3.05) is 30.0 Å². The molecular weight excluding hydrogens is 571 g/mol. The largest absolute Gasteiger partial charge is 0.469 e. The number of hydrogen-bond donors (Lipinski definition) is 1. The first-order chi connectivity index (χ1) is 20.1. The molecule has 0 spiro atoms. The van der Waals surface area contributed by atoms with Crippen LogP contribution in [0, 0.1) is 0 Å². The lowest BCUT2D eigenvalue weighted by Gasteiger charge is -2.35. The number of nitrogens with zero attached hydrogens (tertiary/aromatic N) is 7. The van der Waals surface area contributed by atoms with Crippen LogP contribution in [-0.2, 0) is 22.7 Å². The van der Waals surface area contributed by atoms with E-state index in [-0.39, 0.29) is 31.2 Å². The number of amides is 1. The molecule has 0 bridgehead atoms. The highest BCUT2D eigenvalue weighted by atomic mass is 19.4. The standard InChI is InChI=1S/C25H27F5N8O4/c1-37-7-6-19(36-37)14-8-32-23(33-9-14)38(24(39)41-13-20(26)27)16-4-2-15(3-5-16)34-22-31-10-18(25(28,29)30)21(35-22)42-17-11-40-12-17/h6-10,15-17,20H,2-5,11-13H2,1H3,(H,31,34,35)/t15-,16-. The van der Waals surface area contributed by atoms with Crippen molar-refractivity contribution in [3.8, 4) is 17.1 Å². The summed E-state index contributed by atoms with van der Waals surface area (Å²) < 4.78 is 82.6. The van der Waals surface area contributed by atoms with E-state index in [1.165, 1.54) is 12.4 Å². The first-order valence-electron chi connectivity index (χ1n) is 13.1. The molecule has 1 N–H and O–H groups in total. The molecule has 4 heterocycles. The number of hydrogen-bond acceptors (Lipinski definition) is 10. The van der Waals surface area contributed by atoms with E-state index in [2.05, 4.69) is 30.4 Å². The summed E-state index contributed by atoms with van der Waals surface area (Å²) in [5.41, 5.74) is 0.121. The summed E-state index contributed by atoms with van der Waals surface area (Å²) in [6, 6.07) is 1.03. The van der Waals surface area contributed by atoms with Crippen LogP contribution in [-0.4, -0.2) is 80.2 Å². The average Bonchev–Trinajstić information content (AvgIpc) is 3.37. The molecule has 0 unspecified atom stereocenters. The van der Waals surface area contributed by atoms with Gasteiger partial charge in [-0.15, -0.1) is 0 Å². The number of nitrogens with one attached hydrogen (secondary N) is 1. The van der Waals surface area contributed by atoms with Crippen molar-refractivity contribution in [3.63, 3.8) is 0 Å². The van der Waals surface area contributed by atoms with Gasteiger partial charge in [0.15, 0.2) is 6.61 Å². The lowest BCUT2D eigenvalue weighted by atomic mass is 9.90. The summed E-state index contributed by atoms with van der Waals surface area (Å²) in [5, 5.41) is 7.31. The number of aryl methyl sites for hydroxylation is 1. The summed E-state index contributed by atoms with van der Waals surface area (Å²) in [4.78, 5) is 30.4. The van der Waals surface area contributed by atoms with Gasteiger partial charge >= 0.3 is 12.3 Å². The Morgan fingerprint density at radius 3 is 2.43 bits per heavy atom. The van der Waals surface area contributed by atoms with Crippen LogP contribution < -0.4 is 15.0 Å². The second kappa shape index (κ2) is 12.4. The monoisotopic (exact) mass is 598 g/mol. The maximum atomic E-state index is 13.4. The van der Waals surface area contributed by atoms with Crippen LogP contribution in [0.4, 0.5) is 38.6 Å². The molecule has 2 fully saturated rings. The van der Waals surface area contributed by atoms with E-state index in [1.807, 2.05) is 0 Å². The highest BCUT2D eigenvalue weighted by Crippen LogP contribution is 2.36. The molecule has 0 atom stereocenters. The van der Waals surface area contributed by atoms with Crippen molar-refractivity contribution in [2.24, 2.45) is 7.05 Å². The van der Waals surface area contributed by atoms with Gasteiger partial charge in [0.25, 0.3) is 6.43 Å². The van der Waals surface area contributed by atoms with E-state index in [1.54, 1.807) is 24.0 Å². The Hall–Kier alpha value is -4.15. The Morgan fingerprint density at radius 2 is 1.86 bits per heavy atom. The zero-order valence-electron chi connectivity index (χ0n) is 22.3. The smallest absolute Gasteiger partial charge is 0.423 e. The number of alkyl halides is 5. The van der Waals surface area contributed by atoms with E-state index >= 15 is 0 Å². The third-order valence-corrected chi connectivity index (χ3v) is 6.73. The number of anilines is 2. The molecule has 1 saturated carbocycles. The summed E-state index contributed by atoms with van der Waals surface area (Å²) in [6.07, 6.45) is -2.05. The van der Waals surface area contributed by atoms with Crippen LogP contribution in [0.15, 0.2) is 30.9 Å². The molecule has 1 aliphatic carbocycles. The van der Waals surface area contributed by atoms with Crippen molar-refractivity contribution in [2.45, 2.75) is 56.5 Å². The minimum Gasteiger partial charge on any atom is -0.469 e. The van der Waals surface area contributed by atoms with E-state index in [0.717, 1.165) is 4.90 Å². The number of rotatable bonds is 9. The van der Waals surface area contributed by atoms with E-state index in [4.69, 9.17) is 14.2 Å². The first-order valence-corrected chi connectivity index (χ1v) is 13.1. The summed E-state index contributed by atoms with van der Waals surface area (Å²) >= 11 is 0. The van der Waals surface area contributed by atoms with Crippen LogP contribution in [0.25, 0.3) is 11.3 Å². The Bertz CT molecular complexity index is 1360. The maximum Gasteiger partial charge on any atom is 0.423 e. The summed E-state index contributed by atoms with van der Waals surface area (Å²) in [7, 11) is 1.76. The second-order valence-corrected chi connectivity index (χ2v) is 9.82. The summed E-state index contributed by atoms with van der Waals surface area (Å²) in [6.45, 7) is -0.749. The van der Waals surface area contributed by atoms with Crippen LogP contribution in [0.5, 0.6) is 5.88 Å². The Labute approximate surface area is 236 Å². The van der Waals surface area contributed by atoms with Gasteiger partial charge in [-0.3, -0.25) is 4.68 Å². The molecule has 42 heavy (non-hydrogen) atoms. The van der Waals surface area contributed by atoms with Crippen molar-refractivity contribution in [3.05, 3.63) is 36.4 Å². The molecule has 1 amide bonds. The van der Waals surface area contributed by atoms with Crippen molar-refractivity contribution < 1.29 is 41.0 Å². The van der Waals surface area contributed by atoms with E-state index < -0.39 is 48.9 Å². The molecule has 3 aromatic rings. The fourth-order valence-electron chi connectivity index (χ4n) is 4.57. The topological polar surface area (TPSA) is 129 Å². The van der Waals surface area contributed by atoms with Crippen molar-refractivity contribution in [1.29, 1.82) is 0 Å². The fraction of sp³-hybridized carbons (Fsp3) is 0.520. The van der Waals surface area contributed by atoms with Crippen LogP contribution >= 0.6 is 0 Å². The molecule has 5 rings (SSSR count). The number of aromatic nitrogens is 6. The van der Waals surface area contributed by atoms with Gasteiger partial charge in [0, 0.05) is 49.5 Å². The van der Waals surface area contributed by atoms with Gasteiger partial charge in [-0.05, 0) is 31.7 Å². The summed E-state index contributed by atoms with van der Waals surface area (Å²) in [5.74, 6) is -0.636. The van der Waals surface area contributed by atoms with Gasteiger partial charge < -0.3 is 19.5 Å². The lowest BCUT2D eigenvalue weighted by Crippen LogP contribution is -2.45. The van der Waals surface area contributed by atoms with Crippen LogP contribution in [0.2, 0.25) is 0 Å². The van der Waals surface area contributed by atoms with Crippen LogP contribution in [0.3, 0.4) is 0 Å². The molecule has 17 heteroatoms. The molecule has 0 radical (unpaired) electrons. The molecule has 2 aliphatic rings. The molecule has 0 aromatic carbocycles. The van der Waals surface area contributed by atoms with Gasteiger partial charge in [0.05, 0.1) is 18.9 Å². The second-order valence-electron chi connectivity index (χ2n) is 9.82. The van der Waals surface area contributed by atoms with Gasteiger partial charge in [-0.1, -0.05) is 0 Å². The quantitative estimate of drug-likeness (QED) is 0.360. The van der Waals surface area contributed by atoms with E-state index in [0.29, 0.717) is 43.1 Å². The SMILES string of the molecule is Cn1ccc(-c2cnc(N(C(=O)OCC(F)F)[C@H]3CC[C@H](Nc4ncc(C(F)(F)F)c(OC5COC5)n4)CC3)nc2)n1. The third-order valence-electron chi connectivity index (χ3n) is 6.73. The van der Waals surface area contributed by atoms with Crippen LogP contribution in [0.1, 0.15) is 31.2 Å². The maximum absolute atomic E-state index is 13.4. The van der Waals surface area contributed by atoms with Gasteiger partial charge in [0.2, 0.25) is 17.8 Å².